The molecule has 0 aromatic rings. The molecule has 0 spiro atoms. The van der Waals surface area contributed by atoms with E-state index in [2.05, 4.69) is 0 Å². The quantitative estimate of drug-likeness (QED) is 0.462. The minimum Gasteiger partial charge on any atom is -0.480 e. The van der Waals surface area contributed by atoms with Gasteiger partial charge in [0.05, 0.1) is 0 Å². The molecule has 104 valence electrons. The Morgan fingerprint density at radius 3 is 2.16 bits per heavy atom. The number of nitrogens with two attached hydrogens (primary N) is 1. The minimum absolute atomic E-state index is 0.389. The number of amides is 5. The Morgan fingerprint density at radius 2 is 1.74 bits per heavy atom. The fraction of sp³-hybridized carbons (Fsp3) is 0.444. The van der Waals surface area contributed by atoms with Crippen molar-refractivity contribution in [3.63, 3.8) is 0 Å². The van der Waals surface area contributed by atoms with Crippen molar-refractivity contribution in [3.05, 3.63) is 0 Å². The van der Waals surface area contributed by atoms with Gasteiger partial charge in [0.25, 0.3) is 0 Å². The monoisotopic (exact) mass is 272 g/mol. The molecule has 10 heteroatoms. The smallest absolute Gasteiger partial charge is 0.323 e. The van der Waals surface area contributed by atoms with Gasteiger partial charge in [0.15, 0.2) is 0 Å². The number of carbonyl (C=O) groups excluding carboxylic acids is 4. The SMILES string of the molecule is NC(=O)CN(CC(=O)O)C(=O)N1CC(=O)NC(=O)C1. The van der Waals surface area contributed by atoms with Crippen LogP contribution in [0.1, 0.15) is 0 Å². The standard InChI is InChI=1S/C9H12N4O6/c10-5(14)1-12(4-8(17)18)9(19)13-2-6(15)11-7(16)3-13/h1-4H2,(H2,10,14)(H,17,18)(H,11,15,16). The largest absolute Gasteiger partial charge is 0.480 e. The molecule has 0 atom stereocenters. The number of rotatable bonds is 4. The molecule has 0 unspecified atom stereocenters. The van der Waals surface area contributed by atoms with Crippen LogP contribution in [0, 0.1) is 0 Å². The van der Waals surface area contributed by atoms with Gasteiger partial charge in [0.2, 0.25) is 17.7 Å². The highest BCUT2D eigenvalue weighted by Gasteiger charge is 2.30. The van der Waals surface area contributed by atoms with Crippen LogP contribution in [-0.4, -0.2) is 70.8 Å². The van der Waals surface area contributed by atoms with E-state index < -0.39 is 42.8 Å². The zero-order chi connectivity index (χ0) is 14.6. The summed E-state index contributed by atoms with van der Waals surface area (Å²) in [5.74, 6) is -3.61. The first-order chi connectivity index (χ1) is 8.79. The van der Waals surface area contributed by atoms with Gasteiger partial charge in [-0.3, -0.25) is 24.5 Å². The molecule has 1 saturated heterocycles. The molecule has 10 nitrogen and oxygen atoms in total. The number of carboxylic acids is 1. The summed E-state index contributed by atoms with van der Waals surface area (Å²) in [7, 11) is 0. The summed E-state index contributed by atoms with van der Waals surface area (Å²) >= 11 is 0. The Bertz CT molecular complexity index is 416. The maximum absolute atomic E-state index is 11.9. The average molecular weight is 272 g/mol. The Morgan fingerprint density at radius 1 is 1.21 bits per heavy atom. The molecule has 1 aliphatic heterocycles. The molecule has 5 amide bonds. The van der Waals surface area contributed by atoms with Crippen molar-refractivity contribution < 1.29 is 29.1 Å². The number of aliphatic carboxylic acids is 1. The summed E-state index contributed by atoms with van der Waals surface area (Å²) in [6, 6.07) is -0.913. The van der Waals surface area contributed by atoms with Crippen molar-refractivity contribution >= 4 is 29.7 Å². The van der Waals surface area contributed by atoms with Crippen molar-refractivity contribution in [2.45, 2.75) is 0 Å². The van der Waals surface area contributed by atoms with E-state index in [1.807, 2.05) is 5.32 Å². The average Bonchev–Trinajstić information content (AvgIpc) is 2.24. The number of carbonyl (C=O) groups is 5. The number of nitrogens with one attached hydrogen (secondary N) is 1. The second-order valence-corrected chi connectivity index (χ2v) is 3.83. The number of hydrogen-bond acceptors (Lipinski definition) is 5. The van der Waals surface area contributed by atoms with E-state index in [1.54, 1.807) is 0 Å². The second kappa shape index (κ2) is 5.80. The molecule has 1 aliphatic rings. The van der Waals surface area contributed by atoms with Crippen molar-refractivity contribution in [2.75, 3.05) is 26.2 Å². The molecule has 0 bridgehead atoms. The van der Waals surface area contributed by atoms with Crippen LogP contribution < -0.4 is 11.1 Å². The lowest BCUT2D eigenvalue weighted by Gasteiger charge is -2.30. The summed E-state index contributed by atoms with van der Waals surface area (Å²) in [5.41, 5.74) is 4.90. The topological polar surface area (TPSA) is 150 Å². The zero-order valence-corrected chi connectivity index (χ0v) is 9.79. The van der Waals surface area contributed by atoms with Crippen LogP contribution in [-0.2, 0) is 19.2 Å². The van der Waals surface area contributed by atoms with Crippen LogP contribution in [0.5, 0.6) is 0 Å². The predicted molar refractivity (Wildman–Crippen MR) is 58.5 cm³/mol. The molecule has 0 aromatic heterocycles. The lowest BCUT2D eigenvalue weighted by molar-refractivity contribution is -0.138. The van der Waals surface area contributed by atoms with Gasteiger partial charge in [-0.25, -0.2) is 4.79 Å². The molecule has 1 rings (SSSR count). The van der Waals surface area contributed by atoms with E-state index in [-0.39, 0.29) is 13.1 Å². The molecule has 1 heterocycles. The first-order valence-corrected chi connectivity index (χ1v) is 5.16. The third-order valence-electron chi connectivity index (χ3n) is 2.16. The van der Waals surface area contributed by atoms with Gasteiger partial charge < -0.3 is 20.6 Å². The lowest BCUT2D eigenvalue weighted by atomic mass is 10.3. The maximum Gasteiger partial charge on any atom is 0.323 e. The van der Waals surface area contributed by atoms with Crippen molar-refractivity contribution in [3.8, 4) is 0 Å². The highest BCUT2D eigenvalue weighted by Crippen LogP contribution is 2.02. The molecule has 4 N–H and O–H groups in total. The molecular weight excluding hydrogens is 260 g/mol. The Balaban J connectivity index is 2.79. The van der Waals surface area contributed by atoms with Gasteiger partial charge in [-0.05, 0) is 0 Å². The summed E-state index contributed by atoms with van der Waals surface area (Å²) in [5, 5.41) is 10.6. The number of nitrogens with zero attached hydrogens (tertiary/aromatic N) is 2. The third kappa shape index (κ3) is 4.26. The molecule has 0 saturated carbocycles. The van der Waals surface area contributed by atoms with Gasteiger partial charge >= 0.3 is 12.0 Å². The normalized spacial score (nSPS) is 14.8. The van der Waals surface area contributed by atoms with E-state index >= 15 is 0 Å². The van der Waals surface area contributed by atoms with Gasteiger partial charge in [-0.2, -0.15) is 0 Å². The molecule has 0 aliphatic carbocycles. The highest BCUT2D eigenvalue weighted by molar-refractivity contribution is 6.02. The molecule has 0 aromatic carbocycles. The third-order valence-corrected chi connectivity index (χ3v) is 2.16. The Kier molecular flexibility index (Phi) is 4.40. The van der Waals surface area contributed by atoms with Gasteiger partial charge in [-0.1, -0.05) is 0 Å². The van der Waals surface area contributed by atoms with E-state index in [0.717, 1.165) is 4.90 Å². The van der Waals surface area contributed by atoms with Crippen LogP contribution in [0.4, 0.5) is 4.79 Å². The van der Waals surface area contributed by atoms with Gasteiger partial charge in [0, 0.05) is 0 Å². The molecule has 1 fully saturated rings. The number of hydrogen-bond donors (Lipinski definition) is 3. The van der Waals surface area contributed by atoms with Crippen LogP contribution in [0.15, 0.2) is 0 Å². The predicted octanol–water partition coefficient (Wildman–Crippen LogP) is -3.06. The summed E-state index contributed by atoms with van der Waals surface area (Å²) in [4.78, 5) is 57.0. The summed E-state index contributed by atoms with van der Waals surface area (Å²) in [6.45, 7) is -2.15. The number of urea groups is 1. The molecule has 0 radical (unpaired) electrons. The second-order valence-electron chi connectivity index (χ2n) is 3.83. The van der Waals surface area contributed by atoms with E-state index in [9.17, 15) is 24.0 Å². The van der Waals surface area contributed by atoms with Crippen molar-refractivity contribution in [1.29, 1.82) is 0 Å². The van der Waals surface area contributed by atoms with Gasteiger partial charge in [-0.15, -0.1) is 0 Å². The highest BCUT2D eigenvalue weighted by atomic mass is 16.4. The van der Waals surface area contributed by atoms with E-state index in [0.29, 0.717) is 4.90 Å². The zero-order valence-electron chi connectivity index (χ0n) is 9.79. The van der Waals surface area contributed by atoms with E-state index in [1.165, 1.54) is 0 Å². The number of primary amides is 1. The Hall–Kier alpha value is -2.65. The van der Waals surface area contributed by atoms with Crippen LogP contribution in [0.3, 0.4) is 0 Å². The first-order valence-electron chi connectivity index (χ1n) is 5.16. The van der Waals surface area contributed by atoms with Crippen LogP contribution in [0.2, 0.25) is 0 Å². The lowest BCUT2D eigenvalue weighted by Crippen LogP contribution is -2.57. The van der Waals surface area contributed by atoms with Crippen LogP contribution in [0.25, 0.3) is 0 Å². The van der Waals surface area contributed by atoms with Crippen molar-refractivity contribution in [2.24, 2.45) is 5.73 Å². The first kappa shape index (κ1) is 14.4. The fourth-order valence-corrected chi connectivity index (χ4v) is 1.51. The molecular formula is C9H12N4O6. The number of piperazine rings is 1. The number of carboxylic acid groups (broad SMARTS) is 1. The minimum atomic E-state index is -1.35. The molecule has 19 heavy (non-hydrogen) atoms. The summed E-state index contributed by atoms with van der Waals surface area (Å²) in [6.07, 6.45) is 0. The summed E-state index contributed by atoms with van der Waals surface area (Å²) < 4.78 is 0. The maximum atomic E-state index is 11.9. The van der Waals surface area contributed by atoms with E-state index in [4.69, 9.17) is 10.8 Å². The van der Waals surface area contributed by atoms with Gasteiger partial charge in [0.1, 0.15) is 26.2 Å². The van der Waals surface area contributed by atoms with Crippen LogP contribution >= 0.6 is 0 Å². The Labute approximate surface area is 107 Å². The van der Waals surface area contributed by atoms with Crippen molar-refractivity contribution in [1.82, 2.24) is 15.1 Å². The fourth-order valence-electron chi connectivity index (χ4n) is 1.51. The number of imide groups is 1.